The van der Waals surface area contributed by atoms with Crippen molar-refractivity contribution in [1.29, 1.82) is 0 Å². The van der Waals surface area contributed by atoms with Crippen molar-refractivity contribution in [2.24, 2.45) is 5.41 Å². The molecular weight excluding hydrogens is 241 g/mol. The van der Waals surface area contributed by atoms with Gasteiger partial charge in [0.2, 0.25) is 0 Å². The second kappa shape index (κ2) is 5.32. The van der Waals surface area contributed by atoms with Crippen LogP contribution in [0.15, 0.2) is 18.2 Å². The maximum absolute atomic E-state index is 13.1. The van der Waals surface area contributed by atoms with Crippen molar-refractivity contribution in [2.45, 2.75) is 40.0 Å². The predicted octanol–water partition coefficient (Wildman–Crippen LogP) is 3.79. The molecule has 0 radical (unpaired) electrons. The average molecular weight is 263 g/mol. The second-order valence-corrected chi connectivity index (χ2v) is 5.92. The Morgan fingerprint density at radius 1 is 1.37 bits per heavy atom. The van der Waals surface area contributed by atoms with Crippen molar-refractivity contribution in [3.05, 3.63) is 35.1 Å². The number of carbonyl (C=O) groups excluding carboxylic acids is 1. The summed E-state index contributed by atoms with van der Waals surface area (Å²) in [6.45, 7) is 7.90. The lowest BCUT2D eigenvalue weighted by atomic mass is 9.78. The number of aryl methyl sites for hydroxylation is 1. The molecule has 0 bridgehead atoms. The Bertz CT molecular complexity index is 476. The van der Waals surface area contributed by atoms with Gasteiger partial charge < -0.3 is 4.90 Å². The normalized spacial score (nSPS) is 18.4. The highest BCUT2D eigenvalue weighted by Crippen LogP contribution is 2.34. The zero-order valence-electron chi connectivity index (χ0n) is 12.0. The molecule has 19 heavy (non-hydrogen) atoms. The van der Waals surface area contributed by atoms with Crippen LogP contribution in [0.3, 0.4) is 0 Å². The highest BCUT2D eigenvalue weighted by atomic mass is 19.1. The first-order chi connectivity index (χ1) is 8.95. The molecule has 2 rings (SSSR count). The minimum atomic E-state index is -0.286. The molecule has 1 saturated heterocycles. The second-order valence-electron chi connectivity index (χ2n) is 5.92. The number of rotatable bonds is 2. The summed E-state index contributed by atoms with van der Waals surface area (Å²) in [6, 6.07) is 4.38. The Morgan fingerprint density at radius 2 is 2.00 bits per heavy atom. The number of halogens is 1. The van der Waals surface area contributed by atoms with E-state index in [9.17, 15) is 9.18 Å². The fourth-order valence-electron chi connectivity index (χ4n) is 2.64. The fourth-order valence-corrected chi connectivity index (χ4v) is 2.64. The average Bonchev–Trinajstić information content (AvgIpc) is 2.39. The van der Waals surface area contributed by atoms with Crippen molar-refractivity contribution in [3.63, 3.8) is 0 Å². The van der Waals surface area contributed by atoms with Crippen LogP contribution in [0, 0.1) is 18.2 Å². The molecule has 1 aromatic carbocycles. The third-order valence-electron chi connectivity index (χ3n) is 4.53. The minimum Gasteiger partial charge on any atom is -0.339 e. The van der Waals surface area contributed by atoms with E-state index in [1.54, 1.807) is 13.0 Å². The number of likely N-dealkylation sites (tertiary alicyclic amines) is 1. The Balaban J connectivity index is 2.09. The summed E-state index contributed by atoms with van der Waals surface area (Å²) in [5, 5.41) is 0. The lowest BCUT2D eigenvalue weighted by Crippen LogP contribution is -2.42. The van der Waals surface area contributed by atoms with E-state index in [1.165, 1.54) is 12.1 Å². The van der Waals surface area contributed by atoms with Crippen LogP contribution in [-0.4, -0.2) is 23.9 Å². The van der Waals surface area contributed by atoms with Crippen LogP contribution in [0.2, 0.25) is 0 Å². The van der Waals surface area contributed by atoms with Crippen LogP contribution in [-0.2, 0) is 0 Å². The number of nitrogens with zero attached hydrogens (tertiary/aromatic N) is 1. The molecule has 1 aromatic rings. The fraction of sp³-hybridized carbons (Fsp3) is 0.562. The van der Waals surface area contributed by atoms with Gasteiger partial charge in [0.05, 0.1) is 0 Å². The Kier molecular flexibility index (Phi) is 3.93. The van der Waals surface area contributed by atoms with E-state index in [0.717, 1.165) is 32.4 Å². The maximum Gasteiger partial charge on any atom is 0.254 e. The maximum atomic E-state index is 13.1. The van der Waals surface area contributed by atoms with E-state index in [4.69, 9.17) is 0 Å². The summed E-state index contributed by atoms with van der Waals surface area (Å²) in [7, 11) is 0. The summed E-state index contributed by atoms with van der Waals surface area (Å²) in [5.41, 5.74) is 1.71. The molecule has 0 saturated carbocycles. The van der Waals surface area contributed by atoms with Gasteiger partial charge in [-0.15, -0.1) is 0 Å². The zero-order valence-corrected chi connectivity index (χ0v) is 12.0. The number of amides is 1. The Hall–Kier alpha value is -1.38. The van der Waals surface area contributed by atoms with Gasteiger partial charge in [-0.2, -0.15) is 0 Å². The topological polar surface area (TPSA) is 20.3 Å². The molecule has 0 unspecified atom stereocenters. The van der Waals surface area contributed by atoms with Crippen molar-refractivity contribution in [3.8, 4) is 0 Å². The molecule has 1 aliphatic heterocycles. The van der Waals surface area contributed by atoms with Crippen molar-refractivity contribution >= 4 is 5.91 Å². The number of carbonyl (C=O) groups is 1. The molecule has 0 aromatic heterocycles. The van der Waals surface area contributed by atoms with Crippen LogP contribution in [0.25, 0.3) is 0 Å². The summed E-state index contributed by atoms with van der Waals surface area (Å²) < 4.78 is 13.1. The van der Waals surface area contributed by atoms with Crippen LogP contribution in [0.5, 0.6) is 0 Å². The van der Waals surface area contributed by atoms with E-state index in [2.05, 4.69) is 13.8 Å². The molecule has 1 heterocycles. The first-order valence-electron chi connectivity index (χ1n) is 7.00. The first-order valence-corrected chi connectivity index (χ1v) is 7.00. The van der Waals surface area contributed by atoms with E-state index in [0.29, 0.717) is 16.5 Å². The standard InChI is InChI=1S/C16H22FNO/c1-4-16(3)7-9-18(10-8-16)15(19)14-6-5-13(17)11-12(14)2/h5-6,11H,4,7-10H2,1-3H3. The van der Waals surface area contributed by atoms with E-state index in [1.807, 2.05) is 4.90 Å². The summed E-state index contributed by atoms with van der Waals surface area (Å²) >= 11 is 0. The van der Waals surface area contributed by atoms with Gasteiger partial charge in [0.25, 0.3) is 5.91 Å². The van der Waals surface area contributed by atoms with Crippen molar-refractivity contribution in [2.75, 3.05) is 13.1 Å². The molecule has 2 nitrogen and oxygen atoms in total. The number of hydrogen-bond acceptors (Lipinski definition) is 1. The molecular formula is C16H22FNO. The molecule has 0 aliphatic carbocycles. The predicted molar refractivity (Wildman–Crippen MR) is 74.7 cm³/mol. The number of hydrogen-bond donors (Lipinski definition) is 0. The third-order valence-corrected chi connectivity index (χ3v) is 4.53. The monoisotopic (exact) mass is 263 g/mol. The van der Waals surface area contributed by atoms with Gasteiger partial charge in [-0.1, -0.05) is 20.3 Å². The molecule has 0 spiro atoms. The molecule has 1 fully saturated rings. The molecule has 104 valence electrons. The lowest BCUT2D eigenvalue weighted by molar-refractivity contribution is 0.0599. The van der Waals surface area contributed by atoms with Crippen molar-refractivity contribution in [1.82, 2.24) is 4.90 Å². The van der Waals surface area contributed by atoms with Gasteiger partial charge in [-0.05, 0) is 48.9 Å². The van der Waals surface area contributed by atoms with E-state index in [-0.39, 0.29) is 11.7 Å². The first kappa shape index (κ1) is 14.0. The van der Waals surface area contributed by atoms with Crippen molar-refractivity contribution < 1.29 is 9.18 Å². The molecule has 0 N–H and O–H groups in total. The number of piperidine rings is 1. The highest BCUT2D eigenvalue weighted by Gasteiger charge is 2.30. The molecule has 0 atom stereocenters. The van der Waals surface area contributed by atoms with Gasteiger partial charge in [0.15, 0.2) is 0 Å². The van der Waals surface area contributed by atoms with Crippen LogP contribution in [0.1, 0.15) is 49.0 Å². The van der Waals surface area contributed by atoms with E-state index >= 15 is 0 Å². The molecule has 1 amide bonds. The molecule has 1 aliphatic rings. The van der Waals surface area contributed by atoms with Crippen LogP contribution >= 0.6 is 0 Å². The Morgan fingerprint density at radius 3 is 2.53 bits per heavy atom. The summed E-state index contributed by atoms with van der Waals surface area (Å²) in [4.78, 5) is 14.3. The smallest absolute Gasteiger partial charge is 0.254 e. The highest BCUT2D eigenvalue weighted by molar-refractivity contribution is 5.95. The van der Waals surface area contributed by atoms with Gasteiger partial charge in [0, 0.05) is 18.7 Å². The Labute approximate surface area is 114 Å². The van der Waals surface area contributed by atoms with Crippen LogP contribution in [0.4, 0.5) is 4.39 Å². The van der Waals surface area contributed by atoms with Gasteiger partial charge >= 0.3 is 0 Å². The lowest BCUT2D eigenvalue weighted by Gasteiger charge is -2.39. The SMILES string of the molecule is CCC1(C)CCN(C(=O)c2ccc(F)cc2C)CC1. The molecule has 3 heteroatoms. The zero-order chi connectivity index (χ0) is 14.0. The number of benzene rings is 1. The van der Waals surface area contributed by atoms with E-state index < -0.39 is 0 Å². The summed E-state index contributed by atoms with van der Waals surface area (Å²) in [6.07, 6.45) is 3.26. The third kappa shape index (κ3) is 2.96. The largest absolute Gasteiger partial charge is 0.339 e. The van der Waals surface area contributed by atoms with Gasteiger partial charge in [0.1, 0.15) is 5.82 Å². The van der Waals surface area contributed by atoms with Gasteiger partial charge in [-0.25, -0.2) is 4.39 Å². The van der Waals surface area contributed by atoms with Gasteiger partial charge in [-0.3, -0.25) is 4.79 Å². The quantitative estimate of drug-likeness (QED) is 0.795. The summed E-state index contributed by atoms with van der Waals surface area (Å²) in [5.74, 6) is -0.248. The van der Waals surface area contributed by atoms with Crippen LogP contribution < -0.4 is 0 Å². The minimum absolute atomic E-state index is 0.0376.